The maximum atomic E-state index is 12.3. The van der Waals surface area contributed by atoms with Gasteiger partial charge >= 0.3 is 0 Å². The van der Waals surface area contributed by atoms with Crippen molar-refractivity contribution in [2.45, 2.75) is 45.4 Å². The monoisotopic (exact) mass is 382 g/mol. The summed E-state index contributed by atoms with van der Waals surface area (Å²) in [6.07, 6.45) is 3.62. The van der Waals surface area contributed by atoms with Gasteiger partial charge in [-0.05, 0) is 49.6 Å². The Morgan fingerprint density at radius 3 is 2.68 bits per heavy atom. The van der Waals surface area contributed by atoms with Gasteiger partial charge in [-0.3, -0.25) is 9.69 Å². The van der Waals surface area contributed by atoms with Crippen LogP contribution in [-0.2, 0) is 17.9 Å². The van der Waals surface area contributed by atoms with Crippen LogP contribution in [0.1, 0.15) is 37.3 Å². The molecule has 1 aliphatic heterocycles. The zero-order valence-electron chi connectivity index (χ0n) is 16.8. The van der Waals surface area contributed by atoms with Gasteiger partial charge in [0.05, 0.1) is 13.7 Å². The maximum Gasteiger partial charge on any atom is 0.234 e. The Morgan fingerprint density at radius 1 is 1.11 bits per heavy atom. The molecule has 1 N–H and O–H groups in total. The Balaban J connectivity index is 1.52. The van der Waals surface area contributed by atoms with Gasteiger partial charge in [0.1, 0.15) is 6.61 Å². The lowest BCUT2D eigenvalue weighted by molar-refractivity contribution is -0.123. The molecular weight excluding hydrogens is 352 g/mol. The lowest BCUT2D eigenvalue weighted by Crippen LogP contribution is -2.44. The number of hydrogen-bond donors (Lipinski definition) is 1. The highest BCUT2D eigenvalue weighted by atomic mass is 16.5. The second-order valence-corrected chi connectivity index (χ2v) is 7.35. The highest BCUT2D eigenvalue weighted by Gasteiger charge is 2.20. The van der Waals surface area contributed by atoms with Gasteiger partial charge in [-0.1, -0.05) is 42.8 Å². The van der Waals surface area contributed by atoms with Crippen molar-refractivity contribution < 1.29 is 14.3 Å². The van der Waals surface area contributed by atoms with Gasteiger partial charge in [0, 0.05) is 12.6 Å². The molecule has 1 saturated heterocycles. The average molecular weight is 383 g/mol. The number of hydrogen-bond acceptors (Lipinski definition) is 4. The maximum absolute atomic E-state index is 12.3. The quantitative estimate of drug-likeness (QED) is 0.755. The lowest BCUT2D eigenvalue weighted by atomic mass is 10.0. The molecule has 2 aromatic carbocycles. The molecule has 0 aliphatic carbocycles. The summed E-state index contributed by atoms with van der Waals surface area (Å²) in [5.41, 5.74) is 2.09. The van der Waals surface area contributed by atoms with Crippen molar-refractivity contribution in [3.8, 4) is 11.5 Å². The smallest absolute Gasteiger partial charge is 0.234 e. The van der Waals surface area contributed by atoms with Gasteiger partial charge in [-0.25, -0.2) is 0 Å². The molecule has 0 unspecified atom stereocenters. The summed E-state index contributed by atoms with van der Waals surface area (Å²) in [6, 6.07) is 16.3. The molecule has 2 aromatic rings. The Kier molecular flexibility index (Phi) is 7.31. The molecular formula is C23H30N2O3. The Labute approximate surface area is 167 Å². The summed E-state index contributed by atoms with van der Waals surface area (Å²) in [6.45, 7) is 4.65. The minimum Gasteiger partial charge on any atom is -0.493 e. The number of carbonyl (C=O) groups excluding carboxylic acids is 1. The first kappa shape index (κ1) is 20.2. The molecule has 1 fully saturated rings. The largest absolute Gasteiger partial charge is 0.493 e. The number of nitrogens with one attached hydrogen (secondary N) is 1. The fourth-order valence-electron chi connectivity index (χ4n) is 3.51. The molecule has 1 atom stereocenters. The number of nitrogens with zero attached hydrogens (tertiary/aromatic N) is 1. The molecule has 28 heavy (non-hydrogen) atoms. The molecule has 0 spiro atoms. The van der Waals surface area contributed by atoms with Crippen LogP contribution in [0.5, 0.6) is 11.5 Å². The minimum absolute atomic E-state index is 0.0668. The van der Waals surface area contributed by atoms with Crippen molar-refractivity contribution in [1.82, 2.24) is 10.2 Å². The average Bonchev–Trinajstić information content (AvgIpc) is 2.73. The number of piperidine rings is 1. The summed E-state index contributed by atoms with van der Waals surface area (Å²) in [4.78, 5) is 14.6. The summed E-state index contributed by atoms with van der Waals surface area (Å²) in [7, 11) is 1.63. The third-order valence-electron chi connectivity index (χ3n) is 5.24. The van der Waals surface area contributed by atoms with Crippen molar-refractivity contribution in [3.05, 3.63) is 59.7 Å². The first-order valence-electron chi connectivity index (χ1n) is 10.00. The standard InChI is InChI=1S/C23H30N2O3/c1-18-8-6-7-13-25(18)16-23(26)24-15-20-11-12-21(22(14-20)27-2)28-17-19-9-4-3-5-10-19/h3-5,9-12,14,18H,6-8,13,15-17H2,1-2H3,(H,24,26)/t18-/m1/s1. The molecule has 150 valence electrons. The van der Waals surface area contributed by atoms with Crippen LogP contribution in [0.15, 0.2) is 48.5 Å². The predicted octanol–water partition coefficient (Wildman–Crippen LogP) is 3.76. The zero-order chi connectivity index (χ0) is 19.8. The summed E-state index contributed by atoms with van der Waals surface area (Å²) >= 11 is 0. The predicted molar refractivity (Wildman–Crippen MR) is 111 cm³/mol. The van der Waals surface area contributed by atoms with Crippen LogP contribution in [-0.4, -0.2) is 37.0 Å². The van der Waals surface area contributed by atoms with Crippen molar-refractivity contribution in [2.75, 3.05) is 20.2 Å². The highest BCUT2D eigenvalue weighted by molar-refractivity contribution is 5.78. The third kappa shape index (κ3) is 5.73. The van der Waals surface area contributed by atoms with E-state index in [0.717, 1.165) is 17.7 Å². The van der Waals surface area contributed by atoms with Gasteiger partial charge < -0.3 is 14.8 Å². The van der Waals surface area contributed by atoms with Gasteiger partial charge in [-0.15, -0.1) is 0 Å². The molecule has 1 heterocycles. The first-order valence-corrected chi connectivity index (χ1v) is 10.00. The highest BCUT2D eigenvalue weighted by Crippen LogP contribution is 2.28. The molecule has 0 radical (unpaired) electrons. The van der Waals surface area contributed by atoms with Crippen LogP contribution in [0, 0.1) is 0 Å². The van der Waals surface area contributed by atoms with Gasteiger partial charge in [0.15, 0.2) is 11.5 Å². The van der Waals surface area contributed by atoms with Crippen LogP contribution in [0.25, 0.3) is 0 Å². The summed E-state index contributed by atoms with van der Waals surface area (Å²) < 4.78 is 11.4. The van der Waals surface area contributed by atoms with E-state index in [-0.39, 0.29) is 5.91 Å². The zero-order valence-corrected chi connectivity index (χ0v) is 16.8. The van der Waals surface area contributed by atoms with Crippen molar-refractivity contribution in [2.24, 2.45) is 0 Å². The van der Waals surface area contributed by atoms with Gasteiger partial charge in [-0.2, -0.15) is 0 Å². The lowest BCUT2D eigenvalue weighted by Gasteiger charge is -2.32. The molecule has 0 aromatic heterocycles. The Bertz CT molecular complexity index is 764. The number of methoxy groups -OCH3 is 1. The number of rotatable bonds is 8. The fraction of sp³-hybridized carbons (Fsp3) is 0.435. The van der Waals surface area contributed by atoms with E-state index >= 15 is 0 Å². The van der Waals surface area contributed by atoms with Crippen molar-refractivity contribution in [1.29, 1.82) is 0 Å². The van der Waals surface area contributed by atoms with Crippen LogP contribution >= 0.6 is 0 Å². The minimum atomic E-state index is 0.0668. The van der Waals surface area contributed by atoms with Gasteiger partial charge in [0.2, 0.25) is 5.91 Å². The normalized spacial score (nSPS) is 17.1. The van der Waals surface area contributed by atoms with E-state index in [1.807, 2.05) is 48.5 Å². The van der Waals surface area contributed by atoms with Crippen LogP contribution in [0.2, 0.25) is 0 Å². The van der Waals surface area contributed by atoms with E-state index in [1.165, 1.54) is 19.3 Å². The van der Waals surface area contributed by atoms with Crippen LogP contribution in [0.4, 0.5) is 0 Å². The SMILES string of the molecule is COc1cc(CNC(=O)CN2CCCC[C@H]2C)ccc1OCc1ccccc1. The van der Waals surface area contributed by atoms with Gasteiger partial charge in [0.25, 0.3) is 0 Å². The molecule has 3 rings (SSSR count). The van der Waals surface area contributed by atoms with Crippen molar-refractivity contribution in [3.63, 3.8) is 0 Å². The number of carbonyl (C=O) groups is 1. The van der Waals surface area contributed by atoms with E-state index in [0.29, 0.717) is 37.2 Å². The van der Waals surface area contributed by atoms with Crippen LogP contribution < -0.4 is 14.8 Å². The number of ether oxygens (including phenoxy) is 2. The topological polar surface area (TPSA) is 50.8 Å². The van der Waals surface area contributed by atoms with E-state index < -0.39 is 0 Å². The summed E-state index contributed by atoms with van der Waals surface area (Å²) in [5.74, 6) is 1.44. The summed E-state index contributed by atoms with van der Waals surface area (Å²) in [5, 5.41) is 3.02. The van der Waals surface area contributed by atoms with E-state index in [2.05, 4.69) is 17.1 Å². The molecule has 0 saturated carbocycles. The number of benzene rings is 2. The third-order valence-corrected chi connectivity index (χ3v) is 5.24. The van der Waals surface area contributed by atoms with E-state index in [1.54, 1.807) is 7.11 Å². The second-order valence-electron chi connectivity index (χ2n) is 7.35. The first-order chi connectivity index (χ1) is 13.7. The van der Waals surface area contributed by atoms with Crippen LogP contribution in [0.3, 0.4) is 0 Å². The Hall–Kier alpha value is -2.53. The molecule has 5 nitrogen and oxygen atoms in total. The molecule has 1 amide bonds. The number of likely N-dealkylation sites (tertiary alicyclic amines) is 1. The van der Waals surface area contributed by atoms with E-state index in [9.17, 15) is 4.79 Å². The second kappa shape index (κ2) is 10.1. The Morgan fingerprint density at radius 2 is 1.93 bits per heavy atom. The molecule has 1 aliphatic rings. The molecule has 5 heteroatoms. The molecule has 0 bridgehead atoms. The number of amides is 1. The van der Waals surface area contributed by atoms with Crippen molar-refractivity contribution >= 4 is 5.91 Å². The van der Waals surface area contributed by atoms with E-state index in [4.69, 9.17) is 9.47 Å². The fourth-order valence-corrected chi connectivity index (χ4v) is 3.51.